The van der Waals surface area contributed by atoms with Crippen LogP contribution in [0.1, 0.15) is 54.3 Å². The predicted octanol–water partition coefficient (Wildman–Crippen LogP) is 9.31. The fraction of sp³-hybridized carbons (Fsp3) is 0.233. The fourth-order valence-corrected chi connectivity index (χ4v) is 8.36. The van der Waals surface area contributed by atoms with Crippen molar-refractivity contribution in [1.29, 1.82) is 0 Å². The van der Waals surface area contributed by atoms with Crippen LogP contribution in [-0.4, -0.2) is 46.7 Å². The molecule has 0 aliphatic carbocycles. The average Bonchev–Trinajstić information content (AvgIpc) is 3.64. The summed E-state index contributed by atoms with van der Waals surface area (Å²) >= 11 is 0. The lowest BCUT2D eigenvalue weighted by molar-refractivity contribution is 0.0564. The van der Waals surface area contributed by atoms with Gasteiger partial charge in [-0.1, -0.05) is 116 Å². The maximum atomic E-state index is 14.7. The Morgan fingerprint density at radius 2 is 1.37 bits per heavy atom. The van der Waals surface area contributed by atoms with Crippen LogP contribution in [0.25, 0.3) is 33.1 Å². The number of phosphoric ester groups is 1. The van der Waals surface area contributed by atoms with Crippen LogP contribution in [0.2, 0.25) is 0 Å². The van der Waals surface area contributed by atoms with Crippen LogP contribution < -0.4 is 4.52 Å². The number of para-hydroxylation sites is 1. The van der Waals surface area contributed by atoms with Crippen LogP contribution in [0.5, 0.6) is 5.75 Å². The SMILES string of the molecule is COC(CC(C)C)c1ccc2cc(-c3ccc(CC(Cc4ccc(C(F)(F)P(=O)(O)O)cc4)(c4ccccc4)n4nnc5ccccc54)cc3)cc(OP(=O)(O)O)c2n1. The number of hydrogen-bond donors (Lipinski definition) is 4. The third-order valence-electron chi connectivity index (χ3n) is 10.3. The number of pyridine rings is 1. The molecule has 0 amide bonds. The summed E-state index contributed by atoms with van der Waals surface area (Å²) in [6.07, 6.45) is 0.916. The highest BCUT2D eigenvalue weighted by molar-refractivity contribution is 7.52. The fourth-order valence-electron chi connectivity index (χ4n) is 7.48. The van der Waals surface area contributed by atoms with Crippen molar-refractivity contribution in [3.63, 3.8) is 0 Å². The Kier molecular flexibility index (Phi) is 11.7. The second kappa shape index (κ2) is 16.5. The Bertz CT molecular complexity index is 2690. The number of methoxy groups -OCH3 is 1. The van der Waals surface area contributed by atoms with Crippen LogP contribution >= 0.6 is 15.4 Å². The maximum absolute atomic E-state index is 14.7. The third kappa shape index (κ3) is 8.90. The monoisotopic (exact) mass is 842 g/mol. The van der Waals surface area contributed by atoms with Crippen LogP contribution in [0.4, 0.5) is 8.78 Å². The van der Waals surface area contributed by atoms with E-state index in [1.165, 1.54) is 12.1 Å². The number of fused-ring (bicyclic) bond motifs is 2. The number of ether oxygens (including phenoxy) is 1. The largest absolute Gasteiger partial charge is 0.524 e. The van der Waals surface area contributed by atoms with Crippen molar-refractivity contribution in [3.05, 3.63) is 155 Å². The minimum Gasteiger partial charge on any atom is -0.402 e. The normalized spacial score (nSPS) is 14.1. The molecule has 0 saturated heterocycles. The van der Waals surface area contributed by atoms with E-state index in [0.29, 0.717) is 46.5 Å². The maximum Gasteiger partial charge on any atom is 0.524 e. The van der Waals surface area contributed by atoms with E-state index >= 15 is 0 Å². The number of nitrogens with zero attached hydrogens (tertiary/aromatic N) is 4. The second-order valence-electron chi connectivity index (χ2n) is 14.9. The van der Waals surface area contributed by atoms with E-state index in [2.05, 4.69) is 24.2 Å². The first-order valence-electron chi connectivity index (χ1n) is 18.7. The number of hydrogen-bond acceptors (Lipinski definition) is 7. The summed E-state index contributed by atoms with van der Waals surface area (Å²) in [6.45, 7) is 4.13. The first-order valence-corrected chi connectivity index (χ1v) is 21.8. The molecular formula is C43H42F2N4O8P2. The number of alkyl halides is 2. The van der Waals surface area contributed by atoms with Gasteiger partial charge in [-0.2, -0.15) is 8.78 Å². The quantitative estimate of drug-likeness (QED) is 0.0724. The van der Waals surface area contributed by atoms with Gasteiger partial charge in [0.1, 0.15) is 11.0 Å². The Morgan fingerprint density at radius 3 is 1.98 bits per heavy atom. The Hall–Kier alpha value is -5.17. The Balaban J connectivity index is 1.31. The predicted molar refractivity (Wildman–Crippen MR) is 220 cm³/mol. The number of aromatic nitrogens is 4. The highest BCUT2D eigenvalue weighted by Gasteiger charge is 2.50. The summed E-state index contributed by atoms with van der Waals surface area (Å²) in [5.41, 5.74) is -0.259. The molecule has 2 heterocycles. The van der Waals surface area contributed by atoms with E-state index in [4.69, 9.17) is 14.2 Å². The summed E-state index contributed by atoms with van der Waals surface area (Å²) in [5, 5.41) is 9.71. The van der Waals surface area contributed by atoms with Gasteiger partial charge >= 0.3 is 21.1 Å². The molecule has 0 spiro atoms. The highest BCUT2D eigenvalue weighted by atomic mass is 31.2. The molecule has 12 nitrogen and oxygen atoms in total. The van der Waals surface area contributed by atoms with E-state index < -0.39 is 32.2 Å². The first kappa shape index (κ1) is 42.0. The minimum absolute atomic E-state index is 0.0816. The second-order valence-corrected chi connectivity index (χ2v) is 17.8. The van der Waals surface area contributed by atoms with Crippen molar-refractivity contribution in [3.8, 4) is 16.9 Å². The molecule has 2 aromatic heterocycles. The van der Waals surface area contributed by atoms with E-state index in [0.717, 1.165) is 34.3 Å². The van der Waals surface area contributed by atoms with Crippen molar-refractivity contribution in [2.45, 2.75) is 50.4 Å². The van der Waals surface area contributed by atoms with Gasteiger partial charge in [-0.3, -0.25) is 14.4 Å². The molecule has 0 bridgehead atoms. The van der Waals surface area contributed by atoms with Crippen molar-refractivity contribution < 1.29 is 46.7 Å². The van der Waals surface area contributed by atoms with Gasteiger partial charge in [-0.25, -0.2) is 14.2 Å². The van der Waals surface area contributed by atoms with Gasteiger partial charge in [-0.15, -0.1) is 5.10 Å². The number of benzene rings is 5. The van der Waals surface area contributed by atoms with Gasteiger partial charge < -0.3 is 19.0 Å². The minimum atomic E-state index is -5.78. The lowest BCUT2D eigenvalue weighted by Gasteiger charge is -2.36. The van der Waals surface area contributed by atoms with Crippen LogP contribution in [0.15, 0.2) is 127 Å². The Labute approximate surface area is 338 Å². The molecule has 0 fully saturated rings. The average molecular weight is 843 g/mol. The van der Waals surface area contributed by atoms with Crippen molar-refractivity contribution in [2.75, 3.05) is 7.11 Å². The molecule has 5 aromatic carbocycles. The lowest BCUT2D eigenvalue weighted by Crippen LogP contribution is -2.40. The van der Waals surface area contributed by atoms with Gasteiger partial charge in [0.2, 0.25) is 0 Å². The molecular weight excluding hydrogens is 800 g/mol. The van der Waals surface area contributed by atoms with E-state index in [9.17, 15) is 37.5 Å². The Morgan fingerprint density at radius 1 is 0.746 bits per heavy atom. The van der Waals surface area contributed by atoms with Gasteiger partial charge in [0.15, 0.2) is 5.75 Å². The van der Waals surface area contributed by atoms with Crippen molar-refractivity contribution in [2.24, 2.45) is 5.92 Å². The van der Waals surface area contributed by atoms with Gasteiger partial charge in [-0.05, 0) is 70.5 Å². The molecule has 2 unspecified atom stereocenters. The number of halogens is 2. The molecule has 7 rings (SSSR count). The van der Waals surface area contributed by atoms with Crippen molar-refractivity contribution >= 4 is 37.4 Å². The van der Waals surface area contributed by atoms with E-state index in [1.807, 2.05) is 102 Å². The van der Waals surface area contributed by atoms with Gasteiger partial charge in [0, 0.05) is 30.9 Å². The topological polar surface area (TPSA) is 177 Å². The number of rotatable bonds is 15. The van der Waals surface area contributed by atoms with Crippen LogP contribution in [-0.2, 0) is 37.9 Å². The molecule has 4 N–H and O–H groups in total. The molecule has 7 aromatic rings. The standard InChI is InChI=1S/C43H42F2N4O8P2/c1-28(2)23-39(56-3)37-22-19-32-24-33(25-40(41(32)46-37)57-59(53,54)55)31-17-13-29(14-18-31)26-42(34-9-5-4-6-10-34,49-38-12-8-7-11-36(38)47-48-49)27-30-15-20-35(21-16-30)43(44,45)58(50,51)52/h4-22,24-25,28,39H,23,26-27H2,1-3H3,(H2,50,51,52)(H2,53,54,55). The lowest BCUT2D eigenvalue weighted by atomic mass is 9.78. The molecule has 0 saturated carbocycles. The summed E-state index contributed by atoms with van der Waals surface area (Å²) < 4.78 is 65.9. The number of phosphoric acid groups is 1. The molecule has 2 atom stereocenters. The molecule has 0 aliphatic rings. The van der Waals surface area contributed by atoms with Gasteiger partial charge in [0.05, 0.1) is 22.9 Å². The van der Waals surface area contributed by atoms with Gasteiger partial charge in [0.25, 0.3) is 0 Å². The molecule has 0 aliphatic heterocycles. The highest BCUT2D eigenvalue weighted by Crippen LogP contribution is 2.59. The van der Waals surface area contributed by atoms with Crippen LogP contribution in [0, 0.1) is 5.92 Å². The molecule has 0 radical (unpaired) electrons. The zero-order valence-corrected chi connectivity index (χ0v) is 34.1. The third-order valence-corrected chi connectivity index (χ3v) is 11.7. The molecule has 16 heteroatoms. The van der Waals surface area contributed by atoms with E-state index in [1.54, 1.807) is 13.2 Å². The van der Waals surface area contributed by atoms with Crippen molar-refractivity contribution in [1.82, 2.24) is 20.0 Å². The zero-order valence-electron chi connectivity index (χ0n) is 32.3. The smallest absolute Gasteiger partial charge is 0.402 e. The molecule has 306 valence electrons. The summed E-state index contributed by atoms with van der Waals surface area (Å²) in [7, 11) is -9.16. The summed E-state index contributed by atoms with van der Waals surface area (Å²) in [6, 6.07) is 36.7. The first-order chi connectivity index (χ1) is 28.0. The van der Waals surface area contributed by atoms with Crippen LogP contribution in [0.3, 0.4) is 0 Å². The zero-order chi connectivity index (χ0) is 42.2. The molecule has 59 heavy (non-hydrogen) atoms. The summed E-state index contributed by atoms with van der Waals surface area (Å²) in [4.78, 5) is 43.2. The summed E-state index contributed by atoms with van der Waals surface area (Å²) in [5.74, 6) is 0.231. The van der Waals surface area contributed by atoms with E-state index in [-0.39, 0.29) is 23.8 Å².